The van der Waals surface area contributed by atoms with Gasteiger partial charge >= 0.3 is 196 Å². The third kappa shape index (κ3) is 4.64. The van der Waals surface area contributed by atoms with Gasteiger partial charge in [0.25, 0.3) is 0 Å². The van der Waals surface area contributed by atoms with Crippen molar-refractivity contribution in [1.29, 1.82) is 5.26 Å². The van der Waals surface area contributed by atoms with Crippen molar-refractivity contribution in [2.75, 3.05) is 0 Å². The summed E-state index contributed by atoms with van der Waals surface area (Å²) in [5.41, 5.74) is 0.463. The fourth-order valence-electron chi connectivity index (χ4n) is 3.76. The topological polar surface area (TPSA) is 88.5 Å². The van der Waals surface area contributed by atoms with E-state index in [0.717, 1.165) is 10.7 Å². The van der Waals surface area contributed by atoms with Crippen molar-refractivity contribution in [3.05, 3.63) is 131 Å². The molecule has 0 unspecified atom stereocenters. The minimum atomic E-state index is -4.20. The third-order valence-corrected chi connectivity index (χ3v) is 16.5. The first-order chi connectivity index (χ1) is 16.1. The molecule has 0 fully saturated rings. The Morgan fingerprint density at radius 1 is 0.758 bits per heavy atom. The minimum absolute atomic E-state index is 0.0426. The molecule has 0 aliphatic heterocycles. The molecule has 0 N–H and O–H groups in total. The Hall–Kier alpha value is -3.96. The van der Waals surface area contributed by atoms with Gasteiger partial charge in [-0.1, -0.05) is 0 Å². The first kappa shape index (κ1) is 22.2. The fraction of sp³-hybridized carbons (Fsp3) is 0. The number of aliphatic imine (C=N–C) groups is 1. The zero-order valence-electron chi connectivity index (χ0n) is 17.5. The standard InChI is InChI=1S/C8H5N3O3.3C6H5.Sn/c9-5-10-8(12)6-1-3-7(4-2-6)11(13)14;3*1-2-4-6-5-3-1;/h1-4H,(H,10,12);3*1-5H;/q;;;;+1/p-1. The van der Waals surface area contributed by atoms with Crippen LogP contribution in [0.25, 0.3) is 0 Å². The summed E-state index contributed by atoms with van der Waals surface area (Å²) in [6, 6.07) is 35.9. The van der Waals surface area contributed by atoms with Gasteiger partial charge in [-0.3, -0.25) is 0 Å². The van der Waals surface area contributed by atoms with E-state index in [1.807, 2.05) is 60.8 Å². The number of non-ortho nitro benzene ring substituents is 1. The molecule has 6 nitrogen and oxygen atoms in total. The Balaban J connectivity index is 1.95. The second kappa shape index (κ2) is 10.1. The van der Waals surface area contributed by atoms with Crippen LogP contribution in [-0.2, 0) is 3.07 Å². The maximum atomic E-state index is 11.1. The number of rotatable bonds is 6. The molecule has 4 aromatic rings. The van der Waals surface area contributed by atoms with Crippen LogP contribution in [-0.4, -0.2) is 29.6 Å². The van der Waals surface area contributed by atoms with Gasteiger partial charge in [0.2, 0.25) is 0 Å². The van der Waals surface area contributed by atoms with Crippen LogP contribution in [0.5, 0.6) is 0 Å². The Morgan fingerprint density at radius 2 is 1.18 bits per heavy atom. The predicted molar refractivity (Wildman–Crippen MR) is 130 cm³/mol. The molecule has 0 heterocycles. The van der Waals surface area contributed by atoms with E-state index >= 15 is 0 Å². The molecule has 0 bridgehead atoms. The van der Waals surface area contributed by atoms with Crippen LogP contribution in [0.3, 0.4) is 0 Å². The van der Waals surface area contributed by atoms with E-state index < -0.39 is 23.7 Å². The first-order valence-electron chi connectivity index (χ1n) is 10.2. The number of hydrogen-bond acceptors (Lipinski definition) is 5. The van der Waals surface area contributed by atoms with Crippen LogP contribution in [0, 0.1) is 21.6 Å². The zero-order valence-corrected chi connectivity index (χ0v) is 20.4. The van der Waals surface area contributed by atoms with Crippen molar-refractivity contribution >= 4 is 41.1 Å². The van der Waals surface area contributed by atoms with Gasteiger partial charge in [-0.25, -0.2) is 0 Å². The van der Waals surface area contributed by atoms with Crippen molar-refractivity contribution < 1.29 is 8.00 Å². The van der Waals surface area contributed by atoms with Gasteiger partial charge in [0, 0.05) is 0 Å². The fourth-order valence-corrected chi connectivity index (χ4v) is 14.6. The molecule has 0 spiro atoms. The van der Waals surface area contributed by atoms with Gasteiger partial charge in [-0.2, -0.15) is 0 Å². The summed E-state index contributed by atoms with van der Waals surface area (Å²) in [7, 11) is 0. The van der Waals surface area contributed by atoms with Crippen molar-refractivity contribution in [3.63, 3.8) is 0 Å². The van der Waals surface area contributed by atoms with E-state index in [9.17, 15) is 15.4 Å². The average molecular weight is 540 g/mol. The van der Waals surface area contributed by atoms with Crippen molar-refractivity contribution in [2.45, 2.75) is 0 Å². The van der Waals surface area contributed by atoms with E-state index in [1.54, 1.807) is 12.1 Å². The van der Waals surface area contributed by atoms with E-state index in [-0.39, 0.29) is 11.6 Å². The van der Waals surface area contributed by atoms with Crippen LogP contribution in [0.1, 0.15) is 5.56 Å². The summed E-state index contributed by atoms with van der Waals surface area (Å²) in [6.45, 7) is 0. The molecule has 33 heavy (non-hydrogen) atoms. The Kier molecular flexibility index (Phi) is 6.81. The Morgan fingerprint density at radius 3 is 1.55 bits per heavy atom. The number of nitro benzene ring substituents is 1. The summed E-state index contributed by atoms with van der Waals surface area (Å²) in [4.78, 5) is 14.6. The van der Waals surface area contributed by atoms with Crippen molar-refractivity contribution in [2.24, 2.45) is 4.99 Å². The molecular formula is C26H19N3O3Sn. The summed E-state index contributed by atoms with van der Waals surface area (Å²) >= 11 is -4.20. The van der Waals surface area contributed by atoms with Gasteiger partial charge in [-0.15, -0.1) is 0 Å². The van der Waals surface area contributed by atoms with Gasteiger partial charge in [0.05, 0.1) is 0 Å². The van der Waals surface area contributed by atoms with Gasteiger partial charge in [0.1, 0.15) is 0 Å². The number of benzene rings is 4. The third-order valence-electron chi connectivity index (χ3n) is 5.27. The van der Waals surface area contributed by atoms with E-state index in [0.29, 0.717) is 5.56 Å². The molecule has 0 aliphatic rings. The molecule has 0 aliphatic carbocycles. The van der Waals surface area contributed by atoms with Crippen LogP contribution in [0.15, 0.2) is 120 Å². The molecule has 160 valence electrons. The summed E-state index contributed by atoms with van der Waals surface area (Å²) in [5, 5.41) is 20.5. The van der Waals surface area contributed by atoms with Crippen LogP contribution >= 0.6 is 0 Å². The van der Waals surface area contributed by atoms with Crippen LogP contribution in [0.4, 0.5) is 5.69 Å². The predicted octanol–water partition coefficient (Wildman–Crippen LogP) is 3.51. The van der Waals surface area contributed by atoms with Crippen molar-refractivity contribution in [1.82, 2.24) is 0 Å². The van der Waals surface area contributed by atoms with E-state index in [2.05, 4.69) is 41.4 Å². The number of nitro groups is 1. The molecular weight excluding hydrogens is 521 g/mol. The first-order valence-corrected chi connectivity index (χ1v) is 15.7. The summed E-state index contributed by atoms with van der Waals surface area (Å²) < 4.78 is 10.0. The van der Waals surface area contributed by atoms with Crippen LogP contribution < -0.4 is 10.7 Å². The van der Waals surface area contributed by atoms with Gasteiger partial charge in [-0.05, 0) is 0 Å². The summed E-state index contributed by atoms with van der Waals surface area (Å²) in [5.74, 6) is 0.153. The van der Waals surface area contributed by atoms with Gasteiger partial charge in [0.15, 0.2) is 0 Å². The molecule has 0 saturated carbocycles. The van der Waals surface area contributed by atoms with Gasteiger partial charge < -0.3 is 0 Å². The quantitative estimate of drug-likeness (QED) is 0.0936. The number of nitrogens with zero attached hydrogens (tertiary/aromatic N) is 3. The molecule has 7 heteroatoms. The molecule has 0 radical (unpaired) electrons. The molecule has 0 amide bonds. The van der Waals surface area contributed by atoms with E-state index in [4.69, 9.17) is 3.07 Å². The Bertz CT molecular complexity index is 1210. The monoisotopic (exact) mass is 541 g/mol. The molecule has 4 aromatic carbocycles. The molecule has 4 rings (SSSR count). The molecule has 0 atom stereocenters. The maximum absolute atomic E-state index is 11.1. The summed E-state index contributed by atoms with van der Waals surface area (Å²) in [6.07, 6.45) is 1.84. The average Bonchev–Trinajstić information content (AvgIpc) is 2.88. The van der Waals surface area contributed by atoms with Crippen LogP contribution in [0.2, 0.25) is 0 Å². The van der Waals surface area contributed by atoms with E-state index in [1.165, 1.54) is 12.1 Å². The normalized spacial score (nSPS) is 11.4. The van der Waals surface area contributed by atoms with Crippen molar-refractivity contribution in [3.8, 4) is 6.19 Å². The SMILES string of the molecule is N#CN=C([O][Sn]([c]1ccccc1)([c]1ccccc1)[c]1ccccc1)c1ccc([N+](=O)[O-])cc1. The second-order valence-corrected chi connectivity index (χ2v) is 16.6. The number of nitriles is 1. The molecule has 0 aromatic heterocycles. The molecule has 0 saturated heterocycles. The second-order valence-electron chi connectivity index (χ2n) is 7.20. The Labute approximate surface area is 196 Å². The number of hydrogen-bond donors (Lipinski definition) is 0. The zero-order chi connectivity index (χ0) is 23.1.